The van der Waals surface area contributed by atoms with Crippen molar-refractivity contribution in [2.75, 3.05) is 0 Å². The quantitative estimate of drug-likeness (QED) is 0.481. The first-order valence-electron chi connectivity index (χ1n) is 5.40. The summed E-state index contributed by atoms with van der Waals surface area (Å²) >= 11 is 6.03. The van der Waals surface area contributed by atoms with Crippen molar-refractivity contribution in [1.29, 1.82) is 0 Å². The van der Waals surface area contributed by atoms with Crippen molar-refractivity contribution in [3.63, 3.8) is 0 Å². The van der Waals surface area contributed by atoms with Crippen LogP contribution in [-0.4, -0.2) is 5.00 Å². The van der Waals surface area contributed by atoms with Crippen LogP contribution in [0.25, 0.3) is 0 Å². The summed E-state index contributed by atoms with van der Waals surface area (Å²) in [5.74, 6) is 0. The van der Waals surface area contributed by atoms with Crippen LogP contribution in [0.3, 0.4) is 0 Å². The van der Waals surface area contributed by atoms with Gasteiger partial charge in [0, 0.05) is 6.42 Å². The summed E-state index contributed by atoms with van der Waals surface area (Å²) in [6.07, 6.45) is 4.16. The summed E-state index contributed by atoms with van der Waals surface area (Å²) < 4.78 is 0. The van der Waals surface area contributed by atoms with Gasteiger partial charge in [-0.2, -0.15) is 10.2 Å². The standard InChI is InChI=1S/C13H14ClN3/c1-10-9-13(14,15)8-7-12(10)17-16-11-5-3-2-4-6-11/h2-8H,9,15H2,1H3. The van der Waals surface area contributed by atoms with E-state index < -0.39 is 5.00 Å². The third-order valence-electron chi connectivity index (χ3n) is 2.52. The highest BCUT2D eigenvalue weighted by Gasteiger charge is 2.23. The van der Waals surface area contributed by atoms with Crippen molar-refractivity contribution in [2.45, 2.75) is 18.3 Å². The third-order valence-corrected chi connectivity index (χ3v) is 2.78. The molecule has 1 aromatic carbocycles. The molecule has 0 radical (unpaired) electrons. The minimum absolute atomic E-state index is 0.591. The minimum atomic E-state index is -0.782. The molecule has 0 saturated heterocycles. The van der Waals surface area contributed by atoms with E-state index in [1.807, 2.05) is 43.3 Å². The van der Waals surface area contributed by atoms with E-state index in [0.29, 0.717) is 6.42 Å². The number of hydrogen-bond donors (Lipinski definition) is 1. The van der Waals surface area contributed by atoms with Gasteiger partial charge in [-0.3, -0.25) is 0 Å². The van der Waals surface area contributed by atoms with E-state index >= 15 is 0 Å². The van der Waals surface area contributed by atoms with Gasteiger partial charge >= 0.3 is 0 Å². The number of alkyl halides is 1. The van der Waals surface area contributed by atoms with E-state index in [1.54, 1.807) is 6.08 Å². The van der Waals surface area contributed by atoms with Crippen LogP contribution in [0.15, 0.2) is 64.0 Å². The summed E-state index contributed by atoms with van der Waals surface area (Å²) in [6.45, 7) is 1.97. The lowest BCUT2D eigenvalue weighted by atomic mass is 10.00. The molecule has 1 aliphatic rings. The van der Waals surface area contributed by atoms with Gasteiger partial charge in [0.05, 0.1) is 11.4 Å². The van der Waals surface area contributed by atoms with Gasteiger partial charge in [0.1, 0.15) is 5.00 Å². The van der Waals surface area contributed by atoms with E-state index in [2.05, 4.69) is 10.2 Å². The predicted octanol–water partition coefficient (Wildman–Crippen LogP) is 3.90. The Morgan fingerprint density at radius 1 is 1.24 bits per heavy atom. The van der Waals surface area contributed by atoms with Crippen molar-refractivity contribution >= 4 is 17.3 Å². The van der Waals surface area contributed by atoms with E-state index in [1.165, 1.54) is 0 Å². The van der Waals surface area contributed by atoms with Gasteiger partial charge in [-0.25, -0.2) is 0 Å². The fourth-order valence-electron chi connectivity index (χ4n) is 1.64. The summed E-state index contributed by atoms with van der Waals surface area (Å²) in [7, 11) is 0. The fourth-order valence-corrected chi connectivity index (χ4v) is 1.90. The Morgan fingerprint density at radius 2 is 1.94 bits per heavy atom. The molecule has 2 rings (SSSR count). The van der Waals surface area contributed by atoms with Crippen molar-refractivity contribution < 1.29 is 0 Å². The number of rotatable bonds is 2. The van der Waals surface area contributed by atoms with Crippen LogP contribution < -0.4 is 5.73 Å². The second-order valence-electron chi connectivity index (χ2n) is 4.14. The third kappa shape index (κ3) is 3.25. The molecular formula is C13H14ClN3. The Balaban J connectivity index is 2.16. The molecule has 1 aromatic rings. The minimum Gasteiger partial charge on any atom is -0.309 e. The lowest BCUT2D eigenvalue weighted by Gasteiger charge is -2.22. The van der Waals surface area contributed by atoms with E-state index in [-0.39, 0.29) is 0 Å². The number of nitrogens with two attached hydrogens (primary N) is 1. The number of azo groups is 1. The zero-order chi connectivity index (χ0) is 12.3. The van der Waals surface area contributed by atoms with E-state index in [9.17, 15) is 0 Å². The molecule has 4 heteroatoms. The highest BCUT2D eigenvalue weighted by Crippen LogP contribution is 2.29. The first kappa shape index (κ1) is 12.0. The molecule has 0 amide bonds. The second-order valence-corrected chi connectivity index (χ2v) is 4.84. The molecule has 0 fully saturated rings. The molecule has 88 valence electrons. The number of allylic oxidation sites excluding steroid dienone is 1. The number of hydrogen-bond acceptors (Lipinski definition) is 3. The van der Waals surface area contributed by atoms with Gasteiger partial charge in [0.2, 0.25) is 0 Å². The SMILES string of the molecule is CC1=C(N=Nc2ccccc2)C=CC(N)(Cl)C1. The molecule has 0 saturated carbocycles. The number of halogens is 1. The summed E-state index contributed by atoms with van der Waals surface area (Å²) in [5, 5.41) is 8.36. The van der Waals surface area contributed by atoms with Gasteiger partial charge in [0.15, 0.2) is 0 Å². The molecule has 1 aliphatic carbocycles. The summed E-state index contributed by atoms with van der Waals surface area (Å²) in [6, 6.07) is 9.60. The second kappa shape index (κ2) is 4.82. The van der Waals surface area contributed by atoms with Crippen LogP contribution >= 0.6 is 11.6 Å². The molecule has 0 heterocycles. The smallest absolute Gasteiger partial charge is 0.114 e. The Labute approximate surface area is 106 Å². The Kier molecular flexibility index (Phi) is 3.41. The van der Waals surface area contributed by atoms with Crippen molar-refractivity contribution in [1.82, 2.24) is 0 Å². The van der Waals surface area contributed by atoms with Gasteiger partial charge in [-0.1, -0.05) is 29.8 Å². The Hall–Kier alpha value is -1.45. The maximum atomic E-state index is 6.03. The monoisotopic (exact) mass is 247 g/mol. The first-order valence-corrected chi connectivity index (χ1v) is 5.78. The molecule has 0 aliphatic heterocycles. The van der Waals surface area contributed by atoms with Crippen molar-refractivity contribution in [3.05, 3.63) is 53.8 Å². The summed E-state index contributed by atoms with van der Waals surface area (Å²) in [4.78, 5) is -0.782. The lowest BCUT2D eigenvalue weighted by molar-refractivity contribution is 0.704. The first-order chi connectivity index (χ1) is 8.07. The highest BCUT2D eigenvalue weighted by molar-refractivity contribution is 6.25. The molecule has 0 aromatic heterocycles. The van der Waals surface area contributed by atoms with Crippen LogP contribution in [0.1, 0.15) is 13.3 Å². The van der Waals surface area contributed by atoms with Crippen LogP contribution in [0.5, 0.6) is 0 Å². The fraction of sp³-hybridized carbons (Fsp3) is 0.231. The van der Waals surface area contributed by atoms with Crippen LogP contribution in [0, 0.1) is 0 Å². The average molecular weight is 248 g/mol. The van der Waals surface area contributed by atoms with Crippen molar-refractivity contribution in [3.8, 4) is 0 Å². The highest BCUT2D eigenvalue weighted by atomic mass is 35.5. The average Bonchev–Trinajstić information content (AvgIpc) is 2.28. The zero-order valence-corrected chi connectivity index (χ0v) is 10.4. The lowest BCUT2D eigenvalue weighted by Crippen LogP contribution is -2.32. The van der Waals surface area contributed by atoms with Crippen LogP contribution in [-0.2, 0) is 0 Å². The van der Waals surface area contributed by atoms with Gasteiger partial charge in [-0.15, -0.1) is 0 Å². The molecule has 17 heavy (non-hydrogen) atoms. The van der Waals surface area contributed by atoms with Gasteiger partial charge in [-0.05, 0) is 36.8 Å². The molecule has 2 N–H and O–H groups in total. The predicted molar refractivity (Wildman–Crippen MR) is 70.2 cm³/mol. The molecule has 1 atom stereocenters. The maximum Gasteiger partial charge on any atom is 0.114 e. The summed E-state index contributed by atoms with van der Waals surface area (Å²) in [5.41, 5.74) is 8.52. The van der Waals surface area contributed by atoms with Gasteiger partial charge < -0.3 is 5.73 Å². The van der Waals surface area contributed by atoms with Crippen molar-refractivity contribution in [2.24, 2.45) is 16.0 Å². The number of benzene rings is 1. The Bertz CT molecular complexity index is 487. The molecular weight excluding hydrogens is 234 g/mol. The Morgan fingerprint density at radius 3 is 2.59 bits per heavy atom. The molecule has 3 nitrogen and oxygen atoms in total. The number of nitrogens with zero attached hydrogens (tertiary/aromatic N) is 2. The van der Waals surface area contributed by atoms with Gasteiger partial charge in [0.25, 0.3) is 0 Å². The normalized spacial score (nSPS) is 24.6. The zero-order valence-electron chi connectivity index (χ0n) is 9.60. The maximum absolute atomic E-state index is 6.03. The molecule has 0 bridgehead atoms. The van der Waals surface area contributed by atoms with E-state index in [0.717, 1.165) is 17.0 Å². The largest absolute Gasteiger partial charge is 0.309 e. The van der Waals surface area contributed by atoms with Crippen LogP contribution in [0.2, 0.25) is 0 Å². The van der Waals surface area contributed by atoms with Crippen LogP contribution in [0.4, 0.5) is 5.69 Å². The topological polar surface area (TPSA) is 50.7 Å². The van der Waals surface area contributed by atoms with E-state index in [4.69, 9.17) is 17.3 Å². The molecule has 0 spiro atoms. The molecule has 1 unspecified atom stereocenters.